The van der Waals surface area contributed by atoms with Gasteiger partial charge in [0.2, 0.25) is 5.91 Å². The number of ether oxygens (including phenoxy) is 2. The van der Waals surface area contributed by atoms with Gasteiger partial charge in [0.15, 0.2) is 5.69 Å². The fourth-order valence-corrected chi connectivity index (χ4v) is 4.41. The van der Waals surface area contributed by atoms with Crippen LogP contribution in [0.15, 0.2) is 24.3 Å². The number of carbonyl (C=O) groups excluding carboxylic acids is 2. The Labute approximate surface area is 222 Å². The largest absolute Gasteiger partial charge is 0.496 e. The summed E-state index contributed by atoms with van der Waals surface area (Å²) < 4.78 is 13.1. The number of hydrogen-bond acceptors (Lipinski definition) is 5. The van der Waals surface area contributed by atoms with E-state index in [4.69, 9.17) is 9.47 Å². The minimum Gasteiger partial charge on any atom is -0.496 e. The first-order valence-corrected chi connectivity index (χ1v) is 13.6. The molecule has 0 saturated carbocycles. The van der Waals surface area contributed by atoms with E-state index in [0.717, 1.165) is 30.5 Å². The first kappa shape index (κ1) is 30.2. The third-order valence-corrected chi connectivity index (χ3v) is 6.11. The smallest absolute Gasteiger partial charge is 0.272 e. The third kappa shape index (κ3) is 9.41. The van der Waals surface area contributed by atoms with Crippen molar-refractivity contribution in [2.75, 3.05) is 20.8 Å². The lowest BCUT2D eigenvalue weighted by atomic mass is 10.0. The molecule has 206 valence electrons. The first-order valence-electron chi connectivity index (χ1n) is 13.6. The second kappa shape index (κ2) is 15.3. The zero-order valence-corrected chi connectivity index (χ0v) is 23.7. The minimum absolute atomic E-state index is 0.0350. The van der Waals surface area contributed by atoms with E-state index in [2.05, 4.69) is 50.4 Å². The van der Waals surface area contributed by atoms with Gasteiger partial charge in [-0.1, -0.05) is 59.9 Å². The van der Waals surface area contributed by atoms with E-state index in [-0.39, 0.29) is 24.3 Å². The summed E-state index contributed by atoms with van der Waals surface area (Å²) in [4.78, 5) is 25.9. The van der Waals surface area contributed by atoms with Gasteiger partial charge in [-0.05, 0) is 42.9 Å². The number of carbonyl (C=O) groups is 2. The Bertz CT molecular complexity index is 978. The van der Waals surface area contributed by atoms with Crippen LogP contribution >= 0.6 is 0 Å². The summed E-state index contributed by atoms with van der Waals surface area (Å²) in [6, 6.07) is 7.10. The second-order valence-corrected chi connectivity index (χ2v) is 10.4. The summed E-state index contributed by atoms with van der Waals surface area (Å²) in [5, 5.41) is 10.7. The molecule has 2 aromatic rings. The number of benzene rings is 1. The van der Waals surface area contributed by atoms with Crippen LogP contribution in [-0.4, -0.2) is 48.4 Å². The van der Waals surface area contributed by atoms with Gasteiger partial charge in [-0.3, -0.25) is 14.3 Å². The van der Waals surface area contributed by atoms with Crippen LogP contribution in [-0.2, 0) is 11.3 Å². The number of aromatic nitrogens is 2. The number of methoxy groups -OCH3 is 2. The molecule has 0 bridgehead atoms. The Balaban J connectivity index is 2.26. The van der Waals surface area contributed by atoms with Crippen molar-refractivity contribution in [1.29, 1.82) is 0 Å². The van der Waals surface area contributed by atoms with Gasteiger partial charge >= 0.3 is 0 Å². The number of nitrogens with zero attached hydrogens (tertiary/aromatic N) is 2. The average Bonchev–Trinajstić information content (AvgIpc) is 3.25. The van der Waals surface area contributed by atoms with Crippen molar-refractivity contribution in [2.45, 2.75) is 85.7 Å². The van der Waals surface area contributed by atoms with Crippen molar-refractivity contribution >= 4 is 11.8 Å². The lowest BCUT2D eigenvalue weighted by Gasteiger charge is -2.20. The summed E-state index contributed by atoms with van der Waals surface area (Å²) >= 11 is 0. The van der Waals surface area contributed by atoms with Crippen LogP contribution in [0.1, 0.15) is 83.6 Å². The van der Waals surface area contributed by atoms with Crippen molar-refractivity contribution in [2.24, 2.45) is 11.8 Å². The molecule has 1 aromatic carbocycles. The van der Waals surface area contributed by atoms with Gasteiger partial charge in [0, 0.05) is 25.6 Å². The van der Waals surface area contributed by atoms with Crippen molar-refractivity contribution < 1.29 is 19.1 Å². The van der Waals surface area contributed by atoms with E-state index in [1.807, 2.05) is 22.9 Å². The molecule has 0 radical (unpaired) electrons. The van der Waals surface area contributed by atoms with Crippen molar-refractivity contribution in [3.8, 4) is 22.8 Å². The predicted molar refractivity (Wildman–Crippen MR) is 148 cm³/mol. The van der Waals surface area contributed by atoms with Gasteiger partial charge in [0.25, 0.3) is 5.91 Å². The maximum atomic E-state index is 13.4. The third-order valence-electron chi connectivity index (χ3n) is 6.11. The van der Waals surface area contributed by atoms with Crippen molar-refractivity contribution in [1.82, 2.24) is 20.4 Å². The highest BCUT2D eigenvalue weighted by atomic mass is 16.5. The molecular weight excluding hydrogens is 468 g/mol. The molecule has 37 heavy (non-hydrogen) atoms. The molecular formula is C29H46N4O4. The van der Waals surface area contributed by atoms with Crippen LogP contribution < -0.4 is 20.1 Å². The Morgan fingerprint density at radius 3 is 2.24 bits per heavy atom. The highest BCUT2D eigenvalue weighted by molar-refractivity contribution is 5.94. The summed E-state index contributed by atoms with van der Waals surface area (Å²) in [7, 11) is 3.22. The molecule has 2 rings (SSSR count). The second-order valence-electron chi connectivity index (χ2n) is 10.4. The number of hydrogen-bond donors (Lipinski definition) is 2. The maximum absolute atomic E-state index is 13.4. The molecule has 0 aliphatic carbocycles. The molecule has 1 atom stereocenters. The molecule has 1 heterocycles. The van der Waals surface area contributed by atoms with Crippen molar-refractivity contribution in [3.05, 3.63) is 30.0 Å². The van der Waals surface area contributed by atoms with E-state index in [1.165, 1.54) is 6.42 Å². The number of nitrogens with one attached hydrogen (secondary N) is 2. The highest BCUT2D eigenvalue weighted by Gasteiger charge is 2.24. The quantitative estimate of drug-likeness (QED) is 0.290. The molecule has 1 aromatic heterocycles. The summed E-state index contributed by atoms with van der Waals surface area (Å²) in [5.74, 6) is 1.60. The van der Waals surface area contributed by atoms with Crippen LogP contribution in [0.4, 0.5) is 0 Å². The molecule has 2 N–H and O–H groups in total. The SMILES string of the molecule is CCCCCCNC(=O)CC(CC(C)C)NC(=O)c1cc(-c2c(OC)cccc2OC)n(CC(C)C)n1. The highest BCUT2D eigenvalue weighted by Crippen LogP contribution is 2.38. The summed E-state index contributed by atoms with van der Waals surface area (Å²) in [6.07, 6.45) is 5.38. The predicted octanol–water partition coefficient (Wildman–Crippen LogP) is 5.45. The number of amides is 2. The fraction of sp³-hybridized carbons (Fsp3) is 0.621. The van der Waals surface area contributed by atoms with Gasteiger partial charge in [0.05, 0.1) is 25.5 Å². The lowest BCUT2D eigenvalue weighted by molar-refractivity contribution is -0.121. The monoisotopic (exact) mass is 514 g/mol. The lowest BCUT2D eigenvalue weighted by Crippen LogP contribution is -2.40. The van der Waals surface area contributed by atoms with Gasteiger partial charge in [-0.2, -0.15) is 5.10 Å². The van der Waals surface area contributed by atoms with Crippen LogP contribution in [0.3, 0.4) is 0 Å². The number of unbranched alkanes of at least 4 members (excludes halogenated alkanes) is 3. The molecule has 0 spiro atoms. The van der Waals surface area contributed by atoms with E-state index >= 15 is 0 Å². The number of rotatable bonds is 16. The fourth-order valence-electron chi connectivity index (χ4n) is 4.41. The van der Waals surface area contributed by atoms with E-state index < -0.39 is 0 Å². The normalized spacial score (nSPS) is 12.0. The van der Waals surface area contributed by atoms with E-state index in [1.54, 1.807) is 20.3 Å². The molecule has 8 heteroatoms. The van der Waals surface area contributed by atoms with Gasteiger partial charge in [0.1, 0.15) is 11.5 Å². The maximum Gasteiger partial charge on any atom is 0.272 e. The molecule has 1 unspecified atom stereocenters. The van der Waals surface area contributed by atoms with Crippen LogP contribution in [0.2, 0.25) is 0 Å². The van der Waals surface area contributed by atoms with Gasteiger partial charge in [-0.15, -0.1) is 0 Å². The Hall–Kier alpha value is -3.03. The zero-order valence-electron chi connectivity index (χ0n) is 23.7. The first-order chi connectivity index (χ1) is 17.7. The van der Waals surface area contributed by atoms with Crippen LogP contribution in [0, 0.1) is 11.8 Å². The Morgan fingerprint density at radius 2 is 1.68 bits per heavy atom. The van der Waals surface area contributed by atoms with Gasteiger partial charge in [-0.25, -0.2) is 0 Å². The Kier molecular flexibility index (Phi) is 12.5. The average molecular weight is 515 g/mol. The van der Waals surface area contributed by atoms with Gasteiger partial charge < -0.3 is 20.1 Å². The molecule has 0 fully saturated rings. The molecule has 0 aliphatic heterocycles. The Morgan fingerprint density at radius 1 is 1.00 bits per heavy atom. The zero-order chi connectivity index (χ0) is 27.4. The molecule has 8 nitrogen and oxygen atoms in total. The molecule has 0 saturated heterocycles. The van der Waals surface area contributed by atoms with E-state index in [0.29, 0.717) is 48.5 Å². The summed E-state index contributed by atoms with van der Waals surface area (Å²) in [6.45, 7) is 11.8. The topological polar surface area (TPSA) is 94.5 Å². The standard InChI is InChI=1S/C29H46N4O4/c1-8-9-10-11-15-30-27(34)17-22(16-20(2)3)31-29(35)23-18-24(33(32-23)19-21(4)5)28-25(36-6)13-12-14-26(28)37-7/h12-14,18,20-22H,8-11,15-17,19H2,1-7H3,(H,30,34)(H,31,35). The van der Waals surface area contributed by atoms with Crippen LogP contribution in [0.5, 0.6) is 11.5 Å². The summed E-state index contributed by atoms with van der Waals surface area (Å²) in [5.41, 5.74) is 1.80. The molecule has 2 amide bonds. The van der Waals surface area contributed by atoms with E-state index in [9.17, 15) is 9.59 Å². The van der Waals surface area contributed by atoms with Crippen LogP contribution in [0.25, 0.3) is 11.3 Å². The minimum atomic E-state index is -0.293. The molecule has 0 aliphatic rings. The van der Waals surface area contributed by atoms with Crippen molar-refractivity contribution in [3.63, 3.8) is 0 Å².